The number of pyridine rings is 1. The van der Waals surface area contributed by atoms with Crippen molar-refractivity contribution in [2.24, 2.45) is 0 Å². The first-order valence-corrected chi connectivity index (χ1v) is 8.59. The van der Waals surface area contributed by atoms with E-state index in [-0.39, 0.29) is 11.8 Å². The average Bonchev–Trinajstić information content (AvgIpc) is 2.70. The van der Waals surface area contributed by atoms with Crippen molar-refractivity contribution >= 4 is 34.7 Å². The third-order valence-electron chi connectivity index (χ3n) is 3.85. The van der Waals surface area contributed by atoms with E-state index in [1.165, 1.54) is 6.92 Å². The van der Waals surface area contributed by atoms with Crippen molar-refractivity contribution in [3.63, 3.8) is 0 Å². The van der Waals surface area contributed by atoms with E-state index in [1.54, 1.807) is 61.8 Å². The van der Waals surface area contributed by atoms with Gasteiger partial charge < -0.3 is 20.7 Å². The predicted octanol–water partition coefficient (Wildman–Crippen LogP) is 4.04. The van der Waals surface area contributed by atoms with E-state index >= 15 is 0 Å². The lowest BCUT2D eigenvalue weighted by molar-refractivity contribution is -0.114. The maximum atomic E-state index is 12.3. The maximum absolute atomic E-state index is 12.3. The van der Waals surface area contributed by atoms with Crippen LogP contribution in [0.3, 0.4) is 0 Å². The number of hydrogen-bond donors (Lipinski definition) is 3. The van der Waals surface area contributed by atoms with Crippen LogP contribution in [0.5, 0.6) is 5.75 Å². The zero-order chi connectivity index (χ0) is 19.9. The Kier molecular flexibility index (Phi) is 5.86. The van der Waals surface area contributed by atoms with Crippen LogP contribution in [0.2, 0.25) is 0 Å². The van der Waals surface area contributed by atoms with E-state index in [4.69, 9.17) is 4.74 Å². The first kappa shape index (κ1) is 18.9. The zero-order valence-electron chi connectivity index (χ0n) is 15.5. The molecule has 3 aromatic rings. The molecule has 0 saturated heterocycles. The third kappa shape index (κ3) is 5.07. The first-order chi connectivity index (χ1) is 13.5. The molecule has 0 aliphatic heterocycles. The van der Waals surface area contributed by atoms with Crippen LogP contribution < -0.4 is 20.7 Å². The minimum Gasteiger partial charge on any atom is -0.497 e. The summed E-state index contributed by atoms with van der Waals surface area (Å²) in [6.07, 6.45) is 1.58. The molecule has 0 aliphatic rings. The number of aromatic nitrogens is 1. The Hall–Kier alpha value is -3.87. The molecule has 2 aromatic carbocycles. The lowest BCUT2D eigenvalue weighted by Crippen LogP contribution is -2.12. The quantitative estimate of drug-likeness (QED) is 0.604. The summed E-state index contributed by atoms with van der Waals surface area (Å²) in [5.41, 5.74) is 2.67. The molecule has 0 radical (unpaired) electrons. The second kappa shape index (κ2) is 8.68. The van der Waals surface area contributed by atoms with Gasteiger partial charge in [0.05, 0.1) is 19.0 Å². The molecule has 3 N–H and O–H groups in total. The Morgan fingerprint density at radius 3 is 2.04 bits per heavy atom. The minimum absolute atomic E-state index is 0.116. The fourth-order valence-corrected chi connectivity index (χ4v) is 2.48. The van der Waals surface area contributed by atoms with E-state index in [1.807, 2.05) is 12.1 Å². The highest BCUT2D eigenvalue weighted by atomic mass is 16.5. The first-order valence-electron chi connectivity index (χ1n) is 8.59. The van der Waals surface area contributed by atoms with Crippen molar-refractivity contribution in [1.29, 1.82) is 0 Å². The number of rotatable bonds is 6. The second-order valence-corrected chi connectivity index (χ2v) is 6.00. The molecular formula is C21H20N4O3. The monoisotopic (exact) mass is 376 g/mol. The summed E-state index contributed by atoms with van der Waals surface area (Å²) in [4.78, 5) is 27.6. The summed E-state index contributed by atoms with van der Waals surface area (Å²) in [6, 6.07) is 17.7. The van der Waals surface area contributed by atoms with Gasteiger partial charge in [-0.3, -0.25) is 9.59 Å². The largest absolute Gasteiger partial charge is 0.497 e. The molecule has 0 spiro atoms. The fourth-order valence-electron chi connectivity index (χ4n) is 2.48. The molecule has 0 saturated carbocycles. The summed E-state index contributed by atoms with van der Waals surface area (Å²) in [7, 11) is 1.58. The summed E-state index contributed by atoms with van der Waals surface area (Å²) in [6.45, 7) is 1.46. The van der Waals surface area contributed by atoms with Crippen LogP contribution in [-0.4, -0.2) is 23.9 Å². The molecule has 142 valence electrons. The van der Waals surface area contributed by atoms with Gasteiger partial charge in [0.15, 0.2) is 0 Å². The van der Waals surface area contributed by atoms with Crippen molar-refractivity contribution in [2.45, 2.75) is 6.92 Å². The van der Waals surface area contributed by atoms with Crippen LogP contribution in [0, 0.1) is 0 Å². The number of methoxy groups -OCH3 is 1. The summed E-state index contributed by atoms with van der Waals surface area (Å²) >= 11 is 0. The maximum Gasteiger partial charge on any atom is 0.255 e. The van der Waals surface area contributed by atoms with E-state index in [0.717, 1.165) is 11.4 Å². The highest BCUT2D eigenvalue weighted by molar-refractivity contribution is 6.04. The zero-order valence-corrected chi connectivity index (χ0v) is 15.5. The summed E-state index contributed by atoms with van der Waals surface area (Å²) in [5, 5.41) is 8.67. The van der Waals surface area contributed by atoms with Gasteiger partial charge >= 0.3 is 0 Å². The Balaban J connectivity index is 1.59. The molecule has 2 amide bonds. The smallest absolute Gasteiger partial charge is 0.255 e. The van der Waals surface area contributed by atoms with Gasteiger partial charge in [0.1, 0.15) is 11.6 Å². The molecular weight excluding hydrogens is 356 g/mol. The standard InChI is InChI=1S/C21H20N4O3/c1-14(26)23-16-5-7-17(8-6-16)24-20-12-9-18(13-22-20)25-21(27)15-3-10-19(28-2)11-4-15/h3-13H,1-2H3,(H,22,24)(H,23,26)(H,25,27). The number of nitrogens with zero attached hydrogens (tertiary/aromatic N) is 1. The number of carbonyl (C=O) groups excluding carboxylic acids is 2. The second-order valence-electron chi connectivity index (χ2n) is 6.00. The van der Waals surface area contributed by atoms with Crippen LogP contribution in [0.15, 0.2) is 66.9 Å². The van der Waals surface area contributed by atoms with Crippen LogP contribution in [-0.2, 0) is 4.79 Å². The van der Waals surface area contributed by atoms with Gasteiger partial charge in [-0.2, -0.15) is 0 Å². The highest BCUT2D eigenvalue weighted by Crippen LogP contribution is 2.19. The molecule has 1 aromatic heterocycles. The van der Waals surface area contributed by atoms with Crippen LogP contribution >= 0.6 is 0 Å². The van der Waals surface area contributed by atoms with E-state index in [9.17, 15) is 9.59 Å². The molecule has 0 bridgehead atoms. The Morgan fingerprint density at radius 2 is 1.46 bits per heavy atom. The number of carbonyl (C=O) groups is 2. The van der Waals surface area contributed by atoms with E-state index in [0.29, 0.717) is 22.8 Å². The fraction of sp³-hybridized carbons (Fsp3) is 0.0952. The molecule has 0 aliphatic carbocycles. The van der Waals surface area contributed by atoms with Crippen molar-refractivity contribution in [3.05, 3.63) is 72.4 Å². The van der Waals surface area contributed by atoms with Crippen molar-refractivity contribution in [2.75, 3.05) is 23.1 Å². The molecule has 0 unspecified atom stereocenters. The normalized spacial score (nSPS) is 10.1. The van der Waals surface area contributed by atoms with Gasteiger partial charge in [0.2, 0.25) is 5.91 Å². The molecule has 0 atom stereocenters. The van der Waals surface area contributed by atoms with Crippen LogP contribution in [0.1, 0.15) is 17.3 Å². The Labute approximate surface area is 162 Å². The number of anilines is 4. The van der Waals surface area contributed by atoms with Crippen molar-refractivity contribution < 1.29 is 14.3 Å². The number of amides is 2. The molecule has 28 heavy (non-hydrogen) atoms. The highest BCUT2D eigenvalue weighted by Gasteiger charge is 2.07. The van der Waals surface area contributed by atoms with Gasteiger partial charge in [-0.15, -0.1) is 0 Å². The number of benzene rings is 2. The Bertz CT molecular complexity index is 952. The molecule has 7 nitrogen and oxygen atoms in total. The molecule has 7 heteroatoms. The topological polar surface area (TPSA) is 92.4 Å². The van der Waals surface area contributed by atoms with Gasteiger partial charge in [0, 0.05) is 23.9 Å². The third-order valence-corrected chi connectivity index (χ3v) is 3.85. The average molecular weight is 376 g/mol. The van der Waals surface area contributed by atoms with Crippen LogP contribution in [0.4, 0.5) is 22.9 Å². The summed E-state index contributed by atoms with van der Waals surface area (Å²) < 4.78 is 5.09. The molecule has 0 fully saturated rings. The predicted molar refractivity (Wildman–Crippen MR) is 109 cm³/mol. The van der Waals surface area contributed by atoms with Crippen LogP contribution in [0.25, 0.3) is 0 Å². The van der Waals surface area contributed by atoms with Gasteiger partial charge in [-0.1, -0.05) is 0 Å². The minimum atomic E-state index is -0.223. The SMILES string of the molecule is COc1ccc(C(=O)Nc2ccc(Nc3ccc(NC(C)=O)cc3)nc2)cc1. The van der Waals surface area contributed by atoms with Gasteiger partial charge in [0.25, 0.3) is 5.91 Å². The van der Waals surface area contributed by atoms with Gasteiger partial charge in [-0.05, 0) is 60.7 Å². The Morgan fingerprint density at radius 1 is 0.821 bits per heavy atom. The van der Waals surface area contributed by atoms with Crippen molar-refractivity contribution in [1.82, 2.24) is 4.98 Å². The number of nitrogens with one attached hydrogen (secondary N) is 3. The lowest BCUT2D eigenvalue weighted by atomic mass is 10.2. The van der Waals surface area contributed by atoms with Gasteiger partial charge in [-0.25, -0.2) is 4.98 Å². The van der Waals surface area contributed by atoms with E-state index in [2.05, 4.69) is 20.9 Å². The lowest BCUT2D eigenvalue weighted by Gasteiger charge is -2.09. The number of hydrogen-bond acceptors (Lipinski definition) is 5. The van der Waals surface area contributed by atoms with Crippen molar-refractivity contribution in [3.8, 4) is 5.75 Å². The number of ether oxygens (including phenoxy) is 1. The molecule has 3 rings (SSSR count). The summed E-state index contributed by atoms with van der Waals surface area (Å²) in [5.74, 6) is 0.988. The molecule has 1 heterocycles. The van der Waals surface area contributed by atoms with E-state index < -0.39 is 0 Å².